The second-order valence-corrected chi connectivity index (χ2v) is 24.1. The molecular formula is C68H120O18. The summed E-state index contributed by atoms with van der Waals surface area (Å²) in [6.45, 7) is 12.8. The van der Waals surface area contributed by atoms with E-state index in [0.29, 0.717) is 38.5 Å². The van der Waals surface area contributed by atoms with Crippen LogP contribution in [0.4, 0.5) is 0 Å². The monoisotopic (exact) mass is 1220 g/mol. The normalized spacial score (nSPS) is 22.0. The molecule has 0 aromatic heterocycles. The molecule has 2 aliphatic rings. The Morgan fingerprint density at radius 1 is 0.302 bits per heavy atom. The number of rotatable bonds is 53. The topological polar surface area (TPSA) is 232 Å². The molecule has 0 radical (unpaired) electrons. The zero-order valence-electron chi connectivity index (χ0n) is 54.8. The Morgan fingerprint density at radius 2 is 0.570 bits per heavy atom. The van der Waals surface area contributed by atoms with Crippen LogP contribution in [0.1, 0.15) is 318 Å². The minimum absolute atomic E-state index is 0.0102. The van der Waals surface area contributed by atoms with Gasteiger partial charge in [-0.25, -0.2) is 0 Å². The van der Waals surface area contributed by atoms with Gasteiger partial charge >= 0.3 is 41.8 Å². The van der Waals surface area contributed by atoms with Crippen molar-refractivity contribution in [3.63, 3.8) is 0 Å². The van der Waals surface area contributed by atoms with Gasteiger partial charge in [0.15, 0.2) is 43.1 Å². The minimum atomic E-state index is -1.92. The molecule has 10 atom stereocenters. The predicted molar refractivity (Wildman–Crippen MR) is 329 cm³/mol. The second-order valence-electron chi connectivity index (χ2n) is 24.1. The molecule has 500 valence electrons. The highest BCUT2D eigenvalue weighted by molar-refractivity contribution is 5.72. The molecule has 1 N–H and O–H groups in total. The van der Waals surface area contributed by atoms with E-state index in [1.54, 1.807) is 0 Å². The van der Waals surface area contributed by atoms with Crippen molar-refractivity contribution < 1.29 is 86.0 Å². The fourth-order valence-corrected chi connectivity index (χ4v) is 11.0. The maximum atomic E-state index is 14.3. The number of aliphatic hydroxyl groups is 1. The summed E-state index contributed by atoms with van der Waals surface area (Å²) in [4.78, 5) is 96.6. The molecule has 18 heteroatoms. The van der Waals surface area contributed by atoms with Crippen molar-refractivity contribution in [1.29, 1.82) is 0 Å². The zero-order chi connectivity index (χ0) is 63.0. The molecule has 18 nitrogen and oxygen atoms in total. The third kappa shape index (κ3) is 36.0. The van der Waals surface area contributed by atoms with E-state index in [-0.39, 0.29) is 38.5 Å². The lowest BCUT2D eigenvalue weighted by atomic mass is 9.95. The van der Waals surface area contributed by atoms with Crippen molar-refractivity contribution >= 4 is 41.8 Å². The Morgan fingerprint density at radius 3 is 0.895 bits per heavy atom. The molecule has 0 amide bonds. The van der Waals surface area contributed by atoms with Crippen LogP contribution in [0.2, 0.25) is 0 Å². The van der Waals surface area contributed by atoms with Gasteiger partial charge in [0, 0.05) is 45.4 Å². The summed E-state index contributed by atoms with van der Waals surface area (Å²) >= 11 is 0. The van der Waals surface area contributed by atoms with Gasteiger partial charge in [0.2, 0.25) is 0 Å². The summed E-state index contributed by atoms with van der Waals surface area (Å²) in [6.07, 6.45) is 15.8. The first-order valence-corrected chi connectivity index (χ1v) is 34.6. The van der Waals surface area contributed by atoms with E-state index in [9.17, 15) is 38.7 Å². The standard InChI is InChI=1S/C68H120O18/c1-8-14-20-26-32-38-44-55(70)77-50-53-62(63(82-57(72)46-40-34-28-22-16-10-3)65(67(76)80-53)84-59(74)48-42-36-30-24-18-12-5)86-68-66(85-60(75)49-43-37-31-25-19-13-6)64(83-58(73)47-41-35-29-23-17-11-4)61(79-52(7)69)54(81-68)51-78-56(71)45-39-33-27-21-15-9-2/h53-54,61-68,76H,8-51H2,1-7H3/t53-,54-,61-,62-,63+,64+,65-,66-,67-,68+/m1/s1. The Hall–Kier alpha value is -3.87. The third-order valence-corrected chi connectivity index (χ3v) is 16.1. The molecule has 0 saturated carbocycles. The molecule has 2 aliphatic heterocycles. The van der Waals surface area contributed by atoms with Gasteiger partial charge in [0.1, 0.15) is 31.5 Å². The van der Waals surface area contributed by atoms with Crippen molar-refractivity contribution in [2.75, 3.05) is 13.2 Å². The maximum absolute atomic E-state index is 14.3. The van der Waals surface area contributed by atoms with Gasteiger partial charge in [-0.1, -0.05) is 234 Å². The fourth-order valence-electron chi connectivity index (χ4n) is 11.0. The highest BCUT2D eigenvalue weighted by Crippen LogP contribution is 2.36. The second kappa shape index (κ2) is 50.9. The average molecular weight is 1230 g/mol. The first-order valence-electron chi connectivity index (χ1n) is 34.6. The number of ether oxygens (including phenoxy) is 10. The largest absolute Gasteiger partial charge is 0.463 e. The zero-order valence-corrected chi connectivity index (χ0v) is 54.8. The Kier molecular flexibility index (Phi) is 46.3. The number of aliphatic hydroxyl groups excluding tert-OH is 1. The minimum Gasteiger partial charge on any atom is -0.463 e. The summed E-state index contributed by atoms with van der Waals surface area (Å²) in [5.74, 6) is -4.67. The molecule has 2 heterocycles. The lowest BCUT2D eigenvalue weighted by Crippen LogP contribution is -2.67. The molecular weight excluding hydrogens is 1100 g/mol. The molecule has 0 aromatic carbocycles. The molecule has 0 unspecified atom stereocenters. The maximum Gasteiger partial charge on any atom is 0.306 e. The van der Waals surface area contributed by atoms with E-state index >= 15 is 0 Å². The fraction of sp³-hybridized carbons (Fsp3) is 0.897. The van der Waals surface area contributed by atoms with E-state index in [0.717, 1.165) is 193 Å². The molecule has 0 bridgehead atoms. The van der Waals surface area contributed by atoms with Gasteiger partial charge in [-0.3, -0.25) is 33.6 Å². The van der Waals surface area contributed by atoms with Crippen LogP contribution in [0.15, 0.2) is 0 Å². The van der Waals surface area contributed by atoms with Crippen molar-refractivity contribution in [3.8, 4) is 0 Å². The summed E-state index contributed by atoms with van der Waals surface area (Å²) in [5.41, 5.74) is 0. The van der Waals surface area contributed by atoms with Gasteiger partial charge in [-0.15, -0.1) is 0 Å². The van der Waals surface area contributed by atoms with Gasteiger partial charge in [-0.2, -0.15) is 0 Å². The van der Waals surface area contributed by atoms with Gasteiger partial charge in [0.05, 0.1) is 0 Å². The molecule has 86 heavy (non-hydrogen) atoms. The molecule has 0 aliphatic carbocycles. The number of hydrogen-bond donors (Lipinski definition) is 1. The lowest BCUT2D eigenvalue weighted by Gasteiger charge is -2.48. The van der Waals surface area contributed by atoms with E-state index < -0.39 is 116 Å². The van der Waals surface area contributed by atoms with Crippen molar-refractivity contribution in [2.24, 2.45) is 0 Å². The summed E-state index contributed by atoms with van der Waals surface area (Å²) in [5, 5.41) is 11.9. The van der Waals surface area contributed by atoms with Gasteiger partial charge < -0.3 is 52.5 Å². The predicted octanol–water partition coefficient (Wildman–Crippen LogP) is 15.0. The highest BCUT2D eigenvalue weighted by Gasteiger charge is 2.57. The smallest absolute Gasteiger partial charge is 0.306 e. The van der Waals surface area contributed by atoms with Crippen LogP contribution >= 0.6 is 0 Å². The SMILES string of the molecule is CCCCCCCCC(=O)OC[C@H]1O[C@@H](O)[C@H](OC(=O)CCCCCCCC)[C@@H](OC(=O)CCCCCCCC)[C@@H]1O[C@@H]1O[C@H](COC(=O)CCCCCCCC)[C@@H](OC(C)=O)[C@H](OC(=O)CCCCCCCC)[C@H]1OC(=O)CCCCCCCC. The number of unbranched alkanes of at least 4 members (excludes halogenated alkanes) is 30. The van der Waals surface area contributed by atoms with E-state index in [4.69, 9.17) is 47.4 Å². The first-order chi connectivity index (χ1) is 41.7. The summed E-state index contributed by atoms with van der Waals surface area (Å²) in [7, 11) is 0. The summed E-state index contributed by atoms with van der Waals surface area (Å²) in [6, 6.07) is 0. The van der Waals surface area contributed by atoms with Crippen molar-refractivity contribution in [1.82, 2.24) is 0 Å². The lowest BCUT2D eigenvalue weighted by molar-refractivity contribution is -0.357. The van der Waals surface area contributed by atoms with Crippen LogP contribution < -0.4 is 0 Å². The van der Waals surface area contributed by atoms with Crippen LogP contribution in [0.3, 0.4) is 0 Å². The molecule has 2 rings (SSSR count). The van der Waals surface area contributed by atoms with Crippen molar-refractivity contribution in [3.05, 3.63) is 0 Å². The van der Waals surface area contributed by atoms with Crippen LogP contribution in [-0.4, -0.2) is 122 Å². The Bertz CT molecular complexity index is 1790. The van der Waals surface area contributed by atoms with Crippen LogP contribution in [0.25, 0.3) is 0 Å². The number of carbonyl (C=O) groups is 7. The Balaban J connectivity index is 2.87. The van der Waals surface area contributed by atoms with Crippen molar-refractivity contribution in [2.45, 2.75) is 380 Å². The van der Waals surface area contributed by atoms with Crippen LogP contribution in [0.5, 0.6) is 0 Å². The molecule has 0 aromatic rings. The third-order valence-electron chi connectivity index (χ3n) is 16.1. The highest BCUT2D eigenvalue weighted by atomic mass is 16.8. The van der Waals surface area contributed by atoms with Gasteiger partial charge in [-0.05, 0) is 38.5 Å². The van der Waals surface area contributed by atoms with E-state index in [1.165, 1.54) is 6.92 Å². The first kappa shape index (κ1) is 78.2. The molecule has 2 fully saturated rings. The van der Waals surface area contributed by atoms with Gasteiger partial charge in [0.25, 0.3) is 0 Å². The quantitative estimate of drug-likeness (QED) is 0.0339. The number of carbonyl (C=O) groups excluding carboxylic acids is 7. The molecule has 2 saturated heterocycles. The van der Waals surface area contributed by atoms with Crippen LogP contribution in [0, 0.1) is 0 Å². The summed E-state index contributed by atoms with van der Waals surface area (Å²) < 4.78 is 62.5. The van der Waals surface area contributed by atoms with E-state index in [1.807, 2.05) is 0 Å². The number of esters is 7. The van der Waals surface area contributed by atoms with E-state index in [2.05, 4.69) is 41.5 Å². The Labute approximate surface area is 518 Å². The number of hydrogen-bond acceptors (Lipinski definition) is 18. The molecule has 0 spiro atoms. The van der Waals surface area contributed by atoms with Crippen LogP contribution in [-0.2, 0) is 80.9 Å². The average Bonchev–Trinajstić information content (AvgIpc) is 1.02.